The Morgan fingerprint density at radius 3 is 2.71 bits per heavy atom. The Balaban J connectivity index is 1.56. The van der Waals surface area contributed by atoms with E-state index in [1.54, 1.807) is 0 Å². The van der Waals surface area contributed by atoms with E-state index in [0.29, 0.717) is 0 Å². The van der Waals surface area contributed by atoms with Gasteiger partial charge in [-0.15, -0.1) is 0 Å². The van der Waals surface area contributed by atoms with Crippen LogP contribution in [0.25, 0.3) is 0 Å². The van der Waals surface area contributed by atoms with Crippen molar-refractivity contribution in [1.29, 1.82) is 0 Å². The monoisotopic (exact) mass is 432 g/mol. The van der Waals surface area contributed by atoms with Crippen LogP contribution >= 0.6 is 12.2 Å². The van der Waals surface area contributed by atoms with Crippen LogP contribution in [0.4, 0.5) is 5.69 Å². The molecule has 2 aliphatic rings. The predicted molar refractivity (Wildman–Crippen MR) is 127 cm³/mol. The molecule has 1 N–H and O–H groups in total. The van der Waals surface area contributed by atoms with Gasteiger partial charge in [-0.1, -0.05) is 25.1 Å². The lowest BCUT2D eigenvalue weighted by molar-refractivity contribution is 0.0961. The minimum Gasteiger partial charge on any atom is -0.376 e. The Hall–Kier alpha value is -2.70. The van der Waals surface area contributed by atoms with E-state index in [-0.39, 0.29) is 18.2 Å². The fourth-order valence-corrected chi connectivity index (χ4v) is 5.04. The first-order valence-corrected chi connectivity index (χ1v) is 11.5. The number of nitrogens with one attached hydrogen (secondary N) is 1. The van der Waals surface area contributed by atoms with Crippen molar-refractivity contribution in [3.63, 3.8) is 0 Å². The fraction of sp³-hybridized carbons (Fsp3) is 0.360. The van der Waals surface area contributed by atoms with Gasteiger partial charge in [0, 0.05) is 36.9 Å². The normalized spacial score (nSPS) is 23.3. The average molecular weight is 433 g/mol. The molecule has 0 unspecified atom stereocenters. The minimum atomic E-state index is -0.0299. The van der Waals surface area contributed by atoms with Crippen molar-refractivity contribution in [3.05, 3.63) is 83.9 Å². The molecule has 160 valence electrons. The Bertz CT molecular complexity index is 1030. The van der Waals surface area contributed by atoms with E-state index in [1.807, 2.05) is 18.3 Å². The molecule has 2 saturated heterocycles. The van der Waals surface area contributed by atoms with Crippen molar-refractivity contribution >= 4 is 23.0 Å². The molecule has 4 heterocycles. The number of thiocarbonyl (C=S) groups is 1. The summed E-state index contributed by atoms with van der Waals surface area (Å²) < 4.78 is 8.26. The highest BCUT2D eigenvalue weighted by Gasteiger charge is 2.42. The number of hydrogen-bond donors (Lipinski definition) is 1. The smallest absolute Gasteiger partial charge is 0.174 e. The molecule has 2 aromatic heterocycles. The molecular formula is C25H28N4OS. The zero-order valence-electron chi connectivity index (χ0n) is 17.8. The van der Waals surface area contributed by atoms with E-state index in [1.165, 1.54) is 11.3 Å². The maximum Gasteiger partial charge on any atom is 0.174 e. The van der Waals surface area contributed by atoms with Crippen molar-refractivity contribution in [2.45, 2.75) is 50.9 Å². The van der Waals surface area contributed by atoms with E-state index in [4.69, 9.17) is 17.0 Å². The summed E-state index contributed by atoms with van der Waals surface area (Å²) in [6, 6.07) is 19.1. The molecule has 5 rings (SSSR count). The second-order valence-corrected chi connectivity index (χ2v) is 8.62. The summed E-state index contributed by atoms with van der Waals surface area (Å²) >= 11 is 5.85. The highest BCUT2D eigenvalue weighted by atomic mass is 32.1. The van der Waals surface area contributed by atoms with E-state index >= 15 is 0 Å². The molecule has 0 amide bonds. The van der Waals surface area contributed by atoms with E-state index in [9.17, 15) is 0 Å². The first-order chi connectivity index (χ1) is 15.2. The lowest BCUT2D eigenvalue weighted by atomic mass is 10.0. The minimum absolute atomic E-state index is 0.00581. The van der Waals surface area contributed by atoms with Gasteiger partial charge in [-0.25, -0.2) is 0 Å². The van der Waals surface area contributed by atoms with Gasteiger partial charge < -0.3 is 19.5 Å². The summed E-state index contributed by atoms with van der Waals surface area (Å²) in [4.78, 5) is 6.91. The standard InChI is InChI=1S/C25H28N4OS/c1-2-18-10-12-19(13-11-18)29-24(23(27-25(29)31)21-8-3-4-14-26-21)22-9-5-15-28(22)17-20-7-6-16-30-20/h3-5,8-15,20,23-24H,2,6-7,16-17H2,1H3,(H,27,31)/t20-,23-,24-/m1/s1. The SMILES string of the molecule is CCc1ccc(N2C(=S)N[C@H](c3ccccn3)[C@H]2c2cccn2C[C@H]2CCCO2)cc1. The molecule has 0 bridgehead atoms. The van der Waals surface area contributed by atoms with E-state index in [0.717, 1.165) is 48.9 Å². The zero-order chi connectivity index (χ0) is 21.2. The van der Waals surface area contributed by atoms with Gasteiger partial charge in [-0.2, -0.15) is 0 Å². The maximum absolute atomic E-state index is 5.93. The summed E-state index contributed by atoms with van der Waals surface area (Å²) in [6.07, 6.45) is 7.56. The first kappa shape index (κ1) is 20.2. The average Bonchev–Trinajstić information content (AvgIpc) is 3.55. The molecule has 6 heteroatoms. The van der Waals surface area contributed by atoms with Gasteiger partial charge in [0.05, 0.1) is 17.8 Å². The van der Waals surface area contributed by atoms with Crippen molar-refractivity contribution in [3.8, 4) is 0 Å². The van der Waals surface area contributed by atoms with Gasteiger partial charge in [0.15, 0.2) is 5.11 Å². The van der Waals surface area contributed by atoms with Crippen LogP contribution in [0.3, 0.4) is 0 Å². The number of hydrogen-bond acceptors (Lipinski definition) is 3. The van der Waals surface area contributed by atoms with Gasteiger partial charge in [-0.3, -0.25) is 4.98 Å². The van der Waals surface area contributed by atoms with Crippen molar-refractivity contribution in [2.75, 3.05) is 11.5 Å². The van der Waals surface area contributed by atoms with Crippen molar-refractivity contribution in [2.24, 2.45) is 0 Å². The number of anilines is 1. The summed E-state index contributed by atoms with van der Waals surface area (Å²) in [7, 11) is 0. The summed E-state index contributed by atoms with van der Waals surface area (Å²) in [6.45, 7) is 3.90. The highest BCUT2D eigenvalue weighted by molar-refractivity contribution is 7.80. The number of ether oxygens (including phenoxy) is 1. The van der Waals surface area contributed by atoms with E-state index < -0.39 is 0 Å². The third-order valence-corrected chi connectivity index (χ3v) is 6.63. The first-order valence-electron chi connectivity index (χ1n) is 11.1. The van der Waals surface area contributed by atoms with E-state index in [2.05, 4.69) is 75.4 Å². The number of rotatable bonds is 6. The van der Waals surface area contributed by atoms with Crippen LogP contribution < -0.4 is 10.2 Å². The Morgan fingerprint density at radius 1 is 1.13 bits per heavy atom. The molecule has 1 aromatic carbocycles. The maximum atomic E-state index is 5.93. The van der Waals surface area contributed by atoms with Crippen LogP contribution in [0.5, 0.6) is 0 Å². The number of benzene rings is 1. The molecule has 2 fully saturated rings. The topological polar surface area (TPSA) is 42.3 Å². The molecule has 0 radical (unpaired) electrons. The second-order valence-electron chi connectivity index (χ2n) is 8.24. The number of aromatic nitrogens is 2. The van der Waals surface area contributed by atoms with Gasteiger partial charge in [-0.05, 0) is 73.4 Å². The van der Waals surface area contributed by atoms with Crippen LogP contribution in [0.2, 0.25) is 0 Å². The summed E-state index contributed by atoms with van der Waals surface area (Å²) in [5, 5.41) is 4.29. The fourth-order valence-electron chi connectivity index (χ4n) is 4.70. The molecule has 0 saturated carbocycles. The third kappa shape index (κ3) is 3.98. The van der Waals surface area contributed by atoms with Crippen LogP contribution in [0.1, 0.15) is 48.8 Å². The molecule has 3 aromatic rings. The van der Waals surface area contributed by atoms with Crippen LogP contribution in [0, 0.1) is 0 Å². The van der Waals surface area contributed by atoms with Gasteiger partial charge in [0.25, 0.3) is 0 Å². The molecule has 3 atom stereocenters. The quantitative estimate of drug-likeness (QED) is 0.567. The van der Waals surface area contributed by atoms with Crippen molar-refractivity contribution in [1.82, 2.24) is 14.9 Å². The highest BCUT2D eigenvalue weighted by Crippen LogP contribution is 2.41. The zero-order valence-corrected chi connectivity index (χ0v) is 18.6. The largest absolute Gasteiger partial charge is 0.376 e. The summed E-state index contributed by atoms with van der Waals surface area (Å²) in [5.74, 6) is 0. The number of aryl methyl sites for hydroxylation is 1. The molecule has 31 heavy (non-hydrogen) atoms. The summed E-state index contributed by atoms with van der Waals surface area (Å²) in [5.41, 5.74) is 4.63. The van der Waals surface area contributed by atoms with Crippen LogP contribution in [-0.4, -0.2) is 27.4 Å². The molecule has 0 spiro atoms. The number of pyridine rings is 1. The molecule has 5 nitrogen and oxygen atoms in total. The lowest BCUT2D eigenvalue weighted by Gasteiger charge is -2.29. The van der Waals surface area contributed by atoms with Gasteiger partial charge in [0.2, 0.25) is 0 Å². The van der Waals surface area contributed by atoms with Crippen LogP contribution in [-0.2, 0) is 17.7 Å². The predicted octanol–water partition coefficient (Wildman–Crippen LogP) is 4.80. The Morgan fingerprint density at radius 2 is 2.00 bits per heavy atom. The molecule has 0 aliphatic carbocycles. The second kappa shape index (κ2) is 8.81. The molecule has 2 aliphatic heterocycles. The molecular weight excluding hydrogens is 404 g/mol. The lowest BCUT2D eigenvalue weighted by Crippen LogP contribution is -2.31. The van der Waals surface area contributed by atoms with Crippen molar-refractivity contribution < 1.29 is 4.74 Å². The Labute approximate surface area is 189 Å². The van der Waals surface area contributed by atoms with Gasteiger partial charge >= 0.3 is 0 Å². The Kier molecular flexibility index (Phi) is 5.74. The van der Waals surface area contributed by atoms with Crippen LogP contribution in [0.15, 0.2) is 67.0 Å². The van der Waals surface area contributed by atoms with Gasteiger partial charge in [0.1, 0.15) is 6.04 Å². The third-order valence-electron chi connectivity index (χ3n) is 6.31. The number of nitrogens with zero attached hydrogens (tertiary/aromatic N) is 3.